The number of carbonyl (C=O) groups excluding carboxylic acids is 1. The molecule has 1 unspecified atom stereocenters. The van der Waals surface area contributed by atoms with E-state index in [1.165, 1.54) is 0 Å². The topological polar surface area (TPSA) is 59.2 Å². The Bertz CT molecular complexity index is 624. The van der Waals surface area contributed by atoms with Gasteiger partial charge in [0.15, 0.2) is 5.82 Å². The Labute approximate surface area is 121 Å². The number of halogens is 1. The van der Waals surface area contributed by atoms with Crippen molar-refractivity contribution in [3.05, 3.63) is 46.6 Å². The van der Waals surface area contributed by atoms with E-state index in [1.807, 2.05) is 0 Å². The van der Waals surface area contributed by atoms with Crippen molar-refractivity contribution in [2.45, 2.75) is 25.8 Å². The van der Waals surface area contributed by atoms with Crippen molar-refractivity contribution >= 4 is 17.5 Å². The van der Waals surface area contributed by atoms with Gasteiger partial charge in [0.1, 0.15) is 6.04 Å². The number of aryl methyl sites for hydroxylation is 1. The lowest BCUT2D eigenvalue weighted by molar-refractivity contribution is 0.0710. The van der Waals surface area contributed by atoms with Crippen molar-refractivity contribution in [2.75, 3.05) is 6.54 Å². The molecule has 0 bridgehead atoms. The summed E-state index contributed by atoms with van der Waals surface area (Å²) in [5.74, 6) is 1.08. The summed E-state index contributed by atoms with van der Waals surface area (Å²) in [7, 11) is 0. The predicted molar refractivity (Wildman–Crippen MR) is 73.5 cm³/mol. The van der Waals surface area contributed by atoms with Crippen LogP contribution in [0.25, 0.3) is 0 Å². The first-order valence-corrected chi connectivity index (χ1v) is 6.89. The molecule has 0 radical (unpaired) electrons. The summed E-state index contributed by atoms with van der Waals surface area (Å²) < 4.78 is 5.21. The summed E-state index contributed by atoms with van der Waals surface area (Å²) in [6, 6.07) is 6.78. The maximum atomic E-state index is 12.5. The van der Waals surface area contributed by atoms with E-state index in [9.17, 15) is 4.79 Å². The molecular formula is C14H14ClN3O2. The Morgan fingerprint density at radius 1 is 1.40 bits per heavy atom. The Hall–Kier alpha value is -1.88. The summed E-state index contributed by atoms with van der Waals surface area (Å²) in [6.45, 7) is 2.47. The lowest BCUT2D eigenvalue weighted by atomic mass is 10.1. The molecule has 6 heteroatoms. The van der Waals surface area contributed by atoms with Crippen LogP contribution in [0.4, 0.5) is 0 Å². The number of carbonyl (C=O) groups is 1. The average Bonchev–Trinajstić information content (AvgIpc) is 3.07. The van der Waals surface area contributed by atoms with Crippen LogP contribution in [-0.2, 0) is 0 Å². The number of amides is 1. The van der Waals surface area contributed by atoms with Crippen molar-refractivity contribution in [1.29, 1.82) is 0 Å². The van der Waals surface area contributed by atoms with E-state index >= 15 is 0 Å². The van der Waals surface area contributed by atoms with Crippen LogP contribution in [0.3, 0.4) is 0 Å². The Morgan fingerprint density at radius 3 is 2.80 bits per heavy atom. The maximum absolute atomic E-state index is 12.5. The van der Waals surface area contributed by atoms with E-state index < -0.39 is 0 Å². The van der Waals surface area contributed by atoms with Crippen molar-refractivity contribution < 1.29 is 9.32 Å². The molecule has 1 aliphatic heterocycles. The molecule has 1 saturated heterocycles. The molecule has 20 heavy (non-hydrogen) atoms. The first-order chi connectivity index (χ1) is 9.65. The second-order valence-electron chi connectivity index (χ2n) is 4.84. The first kappa shape index (κ1) is 13.1. The highest BCUT2D eigenvalue weighted by molar-refractivity contribution is 6.30. The Kier molecular flexibility index (Phi) is 3.44. The third kappa shape index (κ3) is 2.41. The van der Waals surface area contributed by atoms with Gasteiger partial charge in [-0.25, -0.2) is 0 Å². The zero-order valence-corrected chi connectivity index (χ0v) is 11.8. The zero-order chi connectivity index (χ0) is 14.1. The van der Waals surface area contributed by atoms with Crippen molar-refractivity contribution in [1.82, 2.24) is 15.0 Å². The maximum Gasteiger partial charge on any atom is 0.254 e. The Balaban J connectivity index is 1.85. The number of aromatic nitrogens is 2. The van der Waals surface area contributed by atoms with Gasteiger partial charge in [-0.15, -0.1) is 0 Å². The third-order valence-corrected chi connectivity index (χ3v) is 3.69. The van der Waals surface area contributed by atoms with Gasteiger partial charge in [0.2, 0.25) is 5.89 Å². The molecule has 1 aliphatic rings. The molecule has 1 aromatic heterocycles. The molecule has 1 amide bonds. The van der Waals surface area contributed by atoms with Crippen LogP contribution in [0, 0.1) is 6.92 Å². The molecule has 0 saturated carbocycles. The second kappa shape index (κ2) is 5.25. The van der Waals surface area contributed by atoms with Gasteiger partial charge in [-0.2, -0.15) is 4.98 Å². The van der Waals surface area contributed by atoms with E-state index in [2.05, 4.69) is 10.1 Å². The summed E-state index contributed by atoms with van der Waals surface area (Å²) in [4.78, 5) is 18.6. The minimum atomic E-state index is -0.126. The van der Waals surface area contributed by atoms with E-state index in [1.54, 1.807) is 36.1 Å². The van der Waals surface area contributed by atoms with Gasteiger partial charge in [0.25, 0.3) is 5.91 Å². The first-order valence-electron chi connectivity index (χ1n) is 6.52. The fraction of sp³-hybridized carbons (Fsp3) is 0.357. The molecule has 1 fully saturated rings. The molecule has 0 N–H and O–H groups in total. The number of hydrogen-bond donors (Lipinski definition) is 0. The van der Waals surface area contributed by atoms with Crippen LogP contribution in [0.2, 0.25) is 5.02 Å². The Morgan fingerprint density at radius 2 is 2.15 bits per heavy atom. The number of rotatable bonds is 2. The fourth-order valence-electron chi connectivity index (χ4n) is 2.47. The van der Waals surface area contributed by atoms with Gasteiger partial charge >= 0.3 is 0 Å². The number of likely N-dealkylation sites (tertiary alicyclic amines) is 1. The van der Waals surface area contributed by atoms with Crippen LogP contribution in [0.15, 0.2) is 28.8 Å². The molecule has 3 rings (SSSR count). The van der Waals surface area contributed by atoms with Gasteiger partial charge in [0.05, 0.1) is 0 Å². The predicted octanol–water partition coefficient (Wildman–Crippen LogP) is 3.01. The molecule has 1 aromatic carbocycles. The van der Waals surface area contributed by atoms with E-state index in [4.69, 9.17) is 16.1 Å². The lowest BCUT2D eigenvalue weighted by Crippen LogP contribution is -2.30. The van der Waals surface area contributed by atoms with Crippen LogP contribution >= 0.6 is 11.6 Å². The minimum Gasteiger partial charge on any atom is -0.337 e. The second-order valence-corrected chi connectivity index (χ2v) is 5.28. The van der Waals surface area contributed by atoms with Crippen molar-refractivity contribution in [3.63, 3.8) is 0 Å². The highest BCUT2D eigenvalue weighted by atomic mass is 35.5. The number of nitrogens with zero attached hydrogens (tertiary/aromatic N) is 3. The molecule has 2 heterocycles. The minimum absolute atomic E-state index is 0.0278. The summed E-state index contributed by atoms with van der Waals surface area (Å²) in [6.07, 6.45) is 1.78. The smallest absolute Gasteiger partial charge is 0.254 e. The molecule has 0 aliphatic carbocycles. The van der Waals surface area contributed by atoms with Crippen molar-refractivity contribution in [3.8, 4) is 0 Å². The van der Waals surface area contributed by atoms with Crippen LogP contribution < -0.4 is 0 Å². The molecule has 0 spiro atoms. The number of hydrogen-bond acceptors (Lipinski definition) is 4. The summed E-state index contributed by atoms with van der Waals surface area (Å²) >= 11 is 5.85. The van der Waals surface area contributed by atoms with Crippen LogP contribution in [0.5, 0.6) is 0 Å². The summed E-state index contributed by atoms with van der Waals surface area (Å²) in [5, 5.41) is 4.42. The highest BCUT2D eigenvalue weighted by Crippen LogP contribution is 2.32. The van der Waals surface area contributed by atoms with Crippen LogP contribution in [-0.4, -0.2) is 27.5 Å². The van der Waals surface area contributed by atoms with E-state index in [0.29, 0.717) is 28.8 Å². The van der Waals surface area contributed by atoms with Gasteiger partial charge in [-0.3, -0.25) is 4.79 Å². The molecule has 2 aromatic rings. The normalized spacial score (nSPS) is 18.5. The molecule has 1 atom stereocenters. The van der Waals surface area contributed by atoms with Gasteiger partial charge in [-0.1, -0.05) is 16.8 Å². The third-order valence-electron chi connectivity index (χ3n) is 3.43. The summed E-state index contributed by atoms with van der Waals surface area (Å²) in [5.41, 5.74) is 0.623. The molecule has 104 valence electrons. The molecule has 5 nitrogen and oxygen atoms in total. The van der Waals surface area contributed by atoms with Crippen LogP contribution in [0.1, 0.15) is 41.0 Å². The lowest BCUT2D eigenvalue weighted by Gasteiger charge is -2.21. The monoisotopic (exact) mass is 291 g/mol. The van der Waals surface area contributed by atoms with Gasteiger partial charge < -0.3 is 9.42 Å². The number of benzene rings is 1. The standard InChI is InChI=1S/C14H14ClN3O2/c1-9-16-13(20-17-9)12-3-2-8-18(12)14(19)10-4-6-11(15)7-5-10/h4-7,12H,2-3,8H2,1H3. The highest BCUT2D eigenvalue weighted by Gasteiger charge is 2.34. The largest absolute Gasteiger partial charge is 0.337 e. The molecular weight excluding hydrogens is 278 g/mol. The fourth-order valence-corrected chi connectivity index (χ4v) is 2.60. The van der Waals surface area contributed by atoms with E-state index in [0.717, 1.165) is 12.8 Å². The van der Waals surface area contributed by atoms with Gasteiger partial charge in [-0.05, 0) is 44.0 Å². The average molecular weight is 292 g/mol. The van der Waals surface area contributed by atoms with Gasteiger partial charge in [0, 0.05) is 17.1 Å². The zero-order valence-electron chi connectivity index (χ0n) is 11.0. The SMILES string of the molecule is Cc1noc(C2CCCN2C(=O)c2ccc(Cl)cc2)n1. The quantitative estimate of drug-likeness (QED) is 0.853. The van der Waals surface area contributed by atoms with E-state index in [-0.39, 0.29) is 11.9 Å². The van der Waals surface area contributed by atoms with Crippen molar-refractivity contribution in [2.24, 2.45) is 0 Å².